The van der Waals surface area contributed by atoms with Gasteiger partial charge >= 0.3 is 0 Å². The van der Waals surface area contributed by atoms with Crippen LogP contribution in [-0.4, -0.2) is 29.2 Å². The standard InChI is InChI=1S/C28H25N3O4S/c1-28(2)11-20-26(21(32)12-28)25(18-6-4-3-5-7-18)19(13-29)27(31-20)36-15-24(33)30-14-17-8-9-22-23(10-17)35-16-34-22/h3-10H,11-12,14-16H2,1-2H3,(H,30,33). The van der Waals surface area contributed by atoms with Gasteiger partial charge in [0, 0.05) is 24.1 Å². The molecule has 0 atom stereocenters. The van der Waals surface area contributed by atoms with Crippen molar-refractivity contribution in [3.63, 3.8) is 0 Å². The van der Waals surface area contributed by atoms with Gasteiger partial charge in [-0.3, -0.25) is 9.59 Å². The minimum Gasteiger partial charge on any atom is -0.454 e. The molecule has 182 valence electrons. The van der Waals surface area contributed by atoms with Gasteiger partial charge in [-0.2, -0.15) is 5.26 Å². The number of thioether (sulfide) groups is 1. The highest BCUT2D eigenvalue weighted by molar-refractivity contribution is 8.00. The fourth-order valence-electron chi connectivity index (χ4n) is 4.62. The fourth-order valence-corrected chi connectivity index (χ4v) is 5.45. The first kappa shape index (κ1) is 23.9. The number of fused-ring (bicyclic) bond motifs is 2. The number of ketones is 1. The number of ether oxygens (including phenoxy) is 2. The van der Waals surface area contributed by atoms with Gasteiger partial charge in [0.25, 0.3) is 0 Å². The van der Waals surface area contributed by atoms with Crippen LogP contribution in [0.15, 0.2) is 53.6 Å². The number of rotatable bonds is 6. The number of carbonyl (C=O) groups excluding carboxylic acids is 2. The lowest BCUT2D eigenvalue weighted by Crippen LogP contribution is -2.29. The number of aromatic nitrogens is 1. The summed E-state index contributed by atoms with van der Waals surface area (Å²) < 4.78 is 10.7. The lowest BCUT2D eigenvalue weighted by Gasteiger charge is -2.31. The van der Waals surface area contributed by atoms with Crippen molar-refractivity contribution in [3.05, 3.63) is 70.9 Å². The van der Waals surface area contributed by atoms with Crippen LogP contribution in [-0.2, 0) is 17.8 Å². The van der Waals surface area contributed by atoms with Crippen LogP contribution in [0, 0.1) is 16.7 Å². The van der Waals surface area contributed by atoms with E-state index >= 15 is 0 Å². The minimum atomic E-state index is -0.219. The number of Topliss-reactive ketones (excluding diaryl/α,β-unsaturated/α-hetero) is 1. The molecule has 0 unspecified atom stereocenters. The van der Waals surface area contributed by atoms with E-state index in [-0.39, 0.29) is 29.7 Å². The summed E-state index contributed by atoms with van der Waals surface area (Å²) in [6.07, 6.45) is 1.03. The van der Waals surface area contributed by atoms with Crippen molar-refractivity contribution in [3.8, 4) is 28.7 Å². The zero-order chi connectivity index (χ0) is 25.3. The molecule has 7 nitrogen and oxygen atoms in total. The van der Waals surface area contributed by atoms with Crippen LogP contribution in [0.25, 0.3) is 11.1 Å². The molecular formula is C28H25N3O4S. The Hall–Kier alpha value is -3.83. The first-order chi connectivity index (χ1) is 17.3. The average Bonchev–Trinajstić information content (AvgIpc) is 3.33. The molecule has 1 amide bonds. The number of nitriles is 1. The molecule has 3 aromatic rings. The summed E-state index contributed by atoms with van der Waals surface area (Å²) in [7, 11) is 0. The lowest BCUT2D eigenvalue weighted by molar-refractivity contribution is -0.118. The predicted octanol–water partition coefficient (Wildman–Crippen LogP) is 4.91. The number of nitrogens with zero attached hydrogens (tertiary/aromatic N) is 2. The third kappa shape index (κ3) is 4.79. The van der Waals surface area contributed by atoms with E-state index in [0.29, 0.717) is 58.3 Å². The summed E-state index contributed by atoms with van der Waals surface area (Å²) in [5, 5.41) is 13.5. The fraction of sp³-hybridized carbons (Fsp3) is 0.286. The first-order valence-corrected chi connectivity index (χ1v) is 12.7. The number of carbonyl (C=O) groups is 2. The summed E-state index contributed by atoms with van der Waals surface area (Å²) in [5.41, 5.74) is 3.66. The van der Waals surface area contributed by atoms with Gasteiger partial charge in [0.15, 0.2) is 17.3 Å². The maximum Gasteiger partial charge on any atom is 0.231 e. The van der Waals surface area contributed by atoms with Crippen LogP contribution in [0.1, 0.15) is 47.4 Å². The summed E-state index contributed by atoms with van der Waals surface area (Å²) in [4.78, 5) is 30.6. The Morgan fingerprint density at radius 1 is 1.11 bits per heavy atom. The second kappa shape index (κ2) is 9.67. The van der Waals surface area contributed by atoms with E-state index in [1.54, 1.807) is 0 Å². The Labute approximate surface area is 213 Å². The van der Waals surface area contributed by atoms with Gasteiger partial charge in [-0.05, 0) is 35.1 Å². The molecule has 36 heavy (non-hydrogen) atoms. The number of nitrogens with one attached hydrogen (secondary N) is 1. The number of hydrogen-bond acceptors (Lipinski definition) is 7. The first-order valence-electron chi connectivity index (χ1n) is 11.7. The highest BCUT2D eigenvalue weighted by Gasteiger charge is 2.36. The van der Waals surface area contributed by atoms with Crippen molar-refractivity contribution in [2.75, 3.05) is 12.5 Å². The Bertz CT molecular complexity index is 1400. The van der Waals surface area contributed by atoms with Gasteiger partial charge in [-0.15, -0.1) is 0 Å². The van der Waals surface area contributed by atoms with Gasteiger partial charge in [0.05, 0.1) is 17.0 Å². The molecule has 0 fully saturated rings. The predicted molar refractivity (Wildman–Crippen MR) is 136 cm³/mol. The van der Waals surface area contributed by atoms with Crippen LogP contribution in [0.3, 0.4) is 0 Å². The van der Waals surface area contributed by atoms with Gasteiger partial charge in [-0.25, -0.2) is 4.98 Å². The lowest BCUT2D eigenvalue weighted by atomic mass is 9.73. The molecule has 1 N–H and O–H groups in total. The van der Waals surface area contributed by atoms with Crippen LogP contribution in [0.2, 0.25) is 0 Å². The normalized spacial score (nSPS) is 15.2. The second-order valence-electron chi connectivity index (χ2n) is 9.66. The van der Waals surface area contributed by atoms with Gasteiger partial charge in [0.2, 0.25) is 12.7 Å². The van der Waals surface area contributed by atoms with E-state index in [1.165, 1.54) is 11.8 Å². The van der Waals surface area contributed by atoms with Crippen molar-refractivity contribution in [2.24, 2.45) is 5.41 Å². The summed E-state index contributed by atoms with van der Waals surface area (Å²) in [6, 6.07) is 17.3. The molecule has 5 rings (SSSR count). The molecular weight excluding hydrogens is 474 g/mol. The van der Waals surface area contributed by atoms with E-state index in [1.807, 2.05) is 62.4 Å². The van der Waals surface area contributed by atoms with E-state index < -0.39 is 0 Å². The van der Waals surface area contributed by atoms with Crippen LogP contribution in [0.4, 0.5) is 0 Å². The van der Waals surface area contributed by atoms with E-state index in [0.717, 1.165) is 11.1 Å². The molecule has 0 saturated carbocycles. The number of benzene rings is 2. The van der Waals surface area contributed by atoms with E-state index in [9.17, 15) is 14.9 Å². The largest absolute Gasteiger partial charge is 0.454 e. The smallest absolute Gasteiger partial charge is 0.231 e. The summed E-state index contributed by atoms with van der Waals surface area (Å²) in [5.74, 6) is 1.27. The Kier molecular flexibility index (Phi) is 6.42. The van der Waals surface area contributed by atoms with Gasteiger partial charge in [-0.1, -0.05) is 62.0 Å². The van der Waals surface area contributed by atoms with E-state index in [4.69, 9.17) is 14.5 Å². The molecule has 2 heterocycles. The Balaban J connectivity index is 1.39. The maximum absolute atomic E-state index is 13.2. The zero-order valence-electron chi connectivity index (χ0n) is 20.1. The van der Waals surface area contributed by atoms with Crippen molar-refractivity contribution in [1.29, 1.82) is 5.26 Å². The SMILES string of the molecule is CC1(C)CC(=O)c2c(nc(SCC(=O)NCc3ccc4c(c3)OCO4)c(C#N)c2-c2ccccc2)C1. The molecule has 0 bridgehead atoms. The quantitative estimate of drug-likeness (QED) is 0.481. The minimum absolute atomic E-state index is 0.00196. The number of pyridine rings is 1. The number of hydrogen-bond donors (Lipinski definition) is 1. The highest BCUT2D eigenvalue weighted by Crippen LogP contribution is 2.42. The molecule has 2 aromatic carbocycles. The number of amides is 1. The average molecular weight is 500 g/mol. The Morgan fingerprint density at radius 3 is 2.67 bits per heavy atom. The third-order valence-electron chi connectivity index (χ3n) is 6.24. The van der Waals surface area contributed by atoms with E-state index in [2.05, 4.69) is 11.4 Å². The molecule has 0 saturated heterocycles. The third-order valence-corrected chi connectivity index (χ3v) is 7.22. The Morgan fingerprint density at radius 2 is 1.89 bits per heavy atom. The van der Waals surface area contributed by atoms with Crippen molar-refractivity contribution in [2.45, 2.75) is 38.3 Å². The monoisotopic (exact) mass is 499 g/mol. The van der Waals surface area contributed by atoms with Crippen molar-refractivity contribution >= 4 is 23.5 Å². The summed E-state index contributed by atoms with van der Waals surface area (Å²) in [6.45, 7) is 4.64. The van der Waals surface area contributed by atoms with Crippen molar-refractivity contribution in [1.82, 2.24) is 10.3 Å². The zero-order valence-corrected chi connectivity index (χ0v) is 20.9. The maximum atomic E-state index is 13.2. The molecule has 0 spiro atoms. The van der Waals surface area contributed by atoms with Crippen molar-refractivity contribution < 1.29 is 19.1 Å². The van der Waals surface area contributed by atoms with Crippen LogP contribution < -0.4 is 14.8 Å². The van der Waals surface area contributed by atoms with Gasteiger partial charge < -0.3 is 14.8 Å². The molecule has 1 aromatic heterocycles. The highest BCUT2D eigenvalue weighted by atomic mass is 32.2. The molecule has 0 radical (unpaired) electrons. The van der Waals surface area contributed by atoms with Crippen LogP contribution >= 0.6 is 11.8 Å². The van der Waals surface area contributed by atoms with Gasteiger partial charge in [0.1, 0.15) is 11.1 Å². The van der Waals surface area contributed by atoms with Crippen LogP contribution in [0.5, 0.6) is 11.5 Å². The molecule has 1 aliphatic carbocycles. The molecule has 8 heteroatoms. The molecule has 1 aliphatic heterocycles. The second-order valence-corrected chi connectivity index (χ2v) is 10.6. The molecule has 2 aliphatic rings. The summed E-state index contributed by atoms with van der Waals surface area (Å²) >= 11 is 1.22. The topological polar surface area (TPSA) is 101 Å².